The van der Waals surface area contributed by atoms with Gasteiger partial charge in [0.2, 0.25) is 0 Å². The van der Waals surface area contributed by atoms with Crippen molar-refractivity contribution >= 4 is 5.97 Å². The largest absolute Gasteiger partial charge is 0.449 e. The third kappa shape index (κ3) is 3.12. The van der Waals surface area contributed by atoms with Crippen molar-refractivity contribution in [3.8, 4) is 6.07 Å². The van der Waals surface area contributed by atoms with Crippen LogP contribution in [0.4, 0.5) is 0 Å². The summed E-state index contributed by atoms with van der Waals surface area (Å²) in [6.07, 6.45) is 0. The molecule has 0 radical (unpaired) electrons. The van der Waals surface area contributed by atoms with Crippen molar-refractivity contribution in [1.29, 1.82) is 5.26 Å². The normalized spacial score (nSPS) is 7.50. The Bertz CT molecular complexity index is 116. The maximum atomic E-state index is 10.1. The molecule has 0 aromatic rings. The lowest BCUT2D eigenvalue weighted by Gasteiger charge is -1.92. The van der Waals surface area contributed by atoms with E-state index in [1.54, 1.807) is 6.07 Å². The van der Waals surface area contributed by atoms with Gasteiger partial charge in [-0.3, -0.25) is 4.79 Å². The van der Waals surface area contributed by atoms with Crippen LogP contribution in [0.5, 0.6) is 0 Å². The van der Waals surface area contributed by atoms with Gasteiger partial charge in [-0.15, -0.1) is 0 Å². The van der Waals surface area contributed by atoms with E-state index in [4.69, 9.17) is 11.0 Å². The molecule has 8 heavy (non-hydrogen) atoms. The lowest BCUT2D eigenvalue weighted by atomic mass is 10.7. The molecule has 4 nitrogen and oxygen atoms in total. The van der Waals surface area contributed by atoms with Crippen LogP contribution in [-0.4, -0.2) is 19.1 Å². The molecule has 0 saturated carbocycles. The van der Waals surface area contributed by atoms with E-state index >= 15 is 0 Å². The van der Waals surface area contributed by atoms with E-state index in [0.717, 1.165) is 0 Å². The third-order valence-corrected chi connectivity index (χ3v) is 0.464. The molecule has 4 heteroatoms. The molecule has 0 amide bonds. The molecule has 0 aromatic carbocycles. The molecule has 0 heterocycles. The summed E-state index contributed by atoms with van der Waals surface area (Å²) in [5, 5.41) is 7.84. The van der Waals surface area contributed by atoms with Crippen LogP contribution < -0.4 is 5.73 Å². The second-order valence-corrected chi connectivity index (χ2v) is 1.02. The molecule has 0 saturated heterocycles. The first-order valence-corrected chi connectivity index (χ1v) is 2.04. The number of ether oxygens (including phenoxy) is 1. The number of carbonyl (C=O) groups excluding carboxylic acids is 1. The van der Waals surface area contributed by atoms with Crippen LogP contribution in [0.25, 0.3) is 0 Å². The Kier molecular flexibility index (Phi) is 3.54. The van der Waals surface area contributed by atoms with Gasteiger partial charge in [0.15, 0.2) is 6.61 Å². The minimum atomic E-state index is -0.549. The van der Waals surface area contributed by atoms with Crippen LogP contribution in [-0.2, 0) is 9.53 Å². The van der Waals surface area contributed by atoms with Gasteiger partial charge < -0.3 is 10.5 Å². The summed E-state index contributed by atoms with van der Waals surface area (Å²) in [6, 6.07) is 1.63. The standard InChI is InChI=1S/C4H6N2O2/c5-1-2-8-4(7)3-6/h2-3,6H2. The zero-order chi connectivity index (χ0) is 6.41. The highest BCUT2D eigenvalue weighted by Gasteiger charge is 1.93. The van der Waals surface area contributed by atoms with Crippen LogP contribution in [0.3, 0.4) is 0 Å². The SMILES string of the molecule is N#CCOC(=O)CN. The summed E-state index contributed by atoms with van der Waals surface area (Å²) in [5.41, 5.74) is 4.83. The average Bonchev–Trinajstić information content (AvgIpc) is 1.83. The predicted octanol–water partition coefficient (Wildman–Crippen LogP) is -0.988. The molecule has 0 aromatic heterocycles. The maximum Gasteiger partial charge on any atom is 0.320 e. The summed E-state index contributed by atoms with van der Waals surface area (Å²) >= 11 is 0. The first-order valence-electron chi connectivity index (χ1n) is 2.04. The topological polar surface area (TPSA) is 76.1 Å². The third-order valence-electron chi connectivity index (χ3n) is 0.464. The van der Waals surface area contributed by atoms with Gasteiger partial charge >= 0.3 is 5.97 Å². The summed E-state index contributed by atoms with van der Waals surface area (Å²) < 4.78 is 4.22. The van der Waals surface area contributed by atoms with E-state index in [1.165, 1.54) is 0 Å². The number of nitrogens with two attached hydrogens (primary N) is 1. The van der Waals surface area contributed by atoms with Crippen LogP contribution in [0.15, 0.2) is 0 Å². The number of nitriles is 1. The first kappa shape index (κ1) is 6.92. The minimum absolute atomic E-state index is 0.165. The van der Waals surface area contributed by atoms with Gasteiger partial charge in [0.25, 0.3) is 0 Å². The van der Waals surface area contributed by atoms with Gasteiger partial charge in [0, 0.05) is 0 Å². The molecule has 0 rings (SSSR count). The summed E-state index contributed by atoms with van der Waals surface area (Å²) in [4.78, 5) is 10.1. The number of hydrogen-bond acceptors (Lipinski definition) is 4. The van der Waals surface area contributed by atoms with Crippen LogP contribution in [0.2, 0.25) is 0 Å². The highest BCUT2D eigenvalue weighted by atomic mass is 16.5. The van der Waals surface area contributed by atoms with E-state index in [0.29, 0.717) is 0 Å². The van der Waals surface area contributed by atoms with Crippen molar-refractivity contribution in [3.05, 3.63) is 0 Å². The second kappa shape index (κ2) is 4.09. The van der Waals surface area contributed by atoms with E-state index in [1.807, 2.05) is 0 Å². The molecule has 0 aliphatic heterocycles. The van der Waals surface area contributed by atoms with Gasteiger partial charge in [0.05, 0.1) is 6.54 Å². The second-order valence-electron chi connectivity index (χ2n) is 1.02. The zero-order valence-corrected chi connectivity index (χ0v) is 4.26. The van der Waals surface area contributed by atoms with Gasteiger partial charge in [-0.1, -0.05) is 0 Å². The Morgan fingerprint density at radius 3 is 2.88 bits per heavy atom. The first-order chi connectivity index (χ1) is 3.81. The fraction of sp³-hybridized carbons (Fsp3) is 0.500. The zero-order valence-electron chi connectivity index (χ0n) is 4.26. The quantitative estimate of drug-likeness (QED) is 0.468. The fourth-order valence-corrected chi connectivity index (χ4v) is 0.172. The average molecular weight is 114 g/mol. The molecule has 0 aliphatic rings. The van der Waals surface area contributed by atoms with Gasteiger partial charge in [-0.05, 0) is 0 Å². The molecule has 0 aliphatic carbocycles. The number of carbonyl (C=O) groups is 1. The minimum Gasteiger partial charge on any atom is -0.449 e. The van der Waals surface area contributed by atoms with E-state index in [9.17, 15) is 4.79 Å². The van der Waals surface area contributed by atoms with Crippen molar-refractivity contribution in [3.63, 3.8) is 0 Å². The molecule has 0 atom stereocenters. The Labute approximate surface area is 46.8 Å². The van der Waals surface area contributed by atoms with Crippen molar-refractivity contribution in [2.75, 3.05) is 13.2 Å². The Morgan fingerprint density at radius 2 is 2.50 bits per heavy atom. The lowest BCUT2D eigenvalue weighted by Crippen LogP contribution is -2.16. The van der Waals surface area contributed by atoms with Crippen molar-refractivity contribution in [1.82, 2.24) is 0 Å². The molecular formula is C4H6N2O2. The molecule has 0 spiro atoms. The summed E-state index contributed by atoms with van der Waals surface area (Å²) in [5.74, 6) is -0.549. The van der Waals surface area contributed by atoms with Crippen molar-refractivity contribution < 1.29 is 9.53 Å². The van der Waals surface area contributed by atoms with Crippen LogP contribution >= 0.6 is 0 Å². The number of hydrogen-bond donors (Lipinski definition) is 1. The maximum absolute atomic E-state index is 10.1. The van der Waals surface area contributed by atoms with Gasteiger partial charge in [-0.25, -0.2) is 0 Å². The molecule has 0 fully saturated rings. The predicted molar refractivity (Wildman–Crippen MR) is 25.6 cm³/mol. The highest BCUT2D eigenvalue weighted by molar-refractivity contribution is 5.71. The van der Waals surface area contributed by atoms with Crippen molar-refractivity contribution in [2.24, 2.45) is 5.73 Å². The molecule has 2 N–H and O–H groups in total. The molecular weight excluding hydrogens is 108 g/mol. The summed E-state index contributed by atoms with van der Waals surface area (Å²) in [6.45, 7) is -0.377. The number of rotatable bonds is 2. The molecule has 0 unspecified atom stereocenters. The number of nitrogens with zero attached hydrogens (tertiary/aromatic N) is 1. The van der Waals surface area contributed by atoms with Crippen LogP contribution in [0.1, 0.15) is 0 Å². The Balaban J connectivity index is 3.15. The summed E-state index contributed by atoms with van der Waals surface area (Å²) in [7, 11) is 0. The van der Waals surface area contributed by atoms with E-state index in [2.05, 4.69) is 4.74 Å². The Morgan fingerprint density at radius 1 is 1.88 bits per heavy atom. The smallest absolute Gasteiger partial charge is 0.320 e. The molecule has 44 valence electrons. The lowest BCUT2D eigenvalue weighted by molar-refractivity contribution is -0.140. The fourth-order valence-electron chi connectivity index (χ4n) is 0.172. The van der Waals surface area contributed by atoms with Crippen LogP contribution in [0, 0.1) is 11.3 Å². The van der Waals surface area contributed by atoms with E-state index < -0.39 is 5.97 Å². The highest BCUT2D eigenvalue weighted by Crippen LogP contribution is 1.70. The van der Waals surface area contributed by atoms with Crippen molar-refractivity contribution in [2.45, 2.75) is 0 Å². The van der Waals surface area contributed by atoms with Gasteiger partial charge in [0.1, 0.15) is 6.07 Å². The number of esters is 1. The van der Waals surface area contributed by atoms with E-state index in [-0.39, 0.29) is 13.2 Å². The molecule has 0 bridgehead atoms. The monoisotopic (exact) mass is 114 g/mol. The van der Waals surface area contributed by atoms with Gasteiger partial charge in [-0.2, -0.15) is 5.26 Å². The Hall–Kier alpha value is -1.08.